The van der Waals surface area contributed by atoms with Crippen LogP contribution in [0.5, 0.6) is 5.88 Å². The summed E-state index contributed by atoms with van der Waals surface area (Å²) < 4.78 is 48.5. The maximum Gasteiger partial charge on any atom is 0.272 e. The number of aromatic nitrogens is 4. The monoisotopic (exact) mass is 762 g/mol. The number of sulfonamides is 1. The van der Waals surface area contributed by atoms with Crippen LogP contribution in [-0.4, -0.2) is 92.6 Å². The second-order valence-corrected chi connectivity index (χ2v) is 16.4. The highest BCUT2D eigenvalue weighted by molar-refractivity contribution is 7.91. The van der Waals surface area contributed by atoms with Crippen molar-refractivity contribution in [1.29, 1.82) is 0 Å². The Kier molecular flexibility index (Phi) is 10.3. The molecule has 5 unspecified atom stereocenters. The molecular formula is C37H43FN8O7S. The molecule has 1 aromatic carbocycles. The highest BCUT2D eigenvalue weighted by Crippen LogP contribution is 2.36. The van der Waals surface area contributed by atoms with Crippen LogP contribution < -0.4 is 20.1 Å². The van der Waals surface area contributed by atoms with E-state index in [1.54, 1.807) is 25.1 Å². The van der Waals surface area contributed by atoms with E-state index in [0.717, 1.165) is 12.8 Å². The topological polar surface area (TPSA) is 205 Å². The maximum atomic E-state index is 14.6. The molecule has 3 aromatic rings. The van der Waals surface area contributed by atoms with Gasteiger partial charge in [-0.1, -0.05) is 44.1 Å². The van der Waals surface area contributed by atoms with Gasteiger partial charge in [0.2, 0.25) is 27.7 Å². The Morgan fingerprint density at radius 2 is 1.89 bits per heavy atom. The third-order valence-corrected chi connectivity index (χ3v) is 12.2. The van der Waals surface area contributed by atoms with Gasteiger partial charge >= 0.3 is 0 Å². The molecule has 2 aliphatic carbocycles. The first-order valence-corrected chi connectivity index (χ1v) is 19.9. The van der Waals surface area contributed by atoms with Crippen LogP contribution in [0.3, 0.4) is 0 Å². The summed E-state index contributed by atoms with van der Waals surface area (Å²) in [6, 6.07) is 3.39. The summed E-state index contributed by atoms with van der Waals surface area (Å²) in [5.74, 6) is -3.72. The zero-order valence-corrected chi connectivity index (χ0v) is 30.8. The minimum Gasteiger partial charge on any atom is -0.471 e. The Bertz CT molecular complexity index is 2150. The van der Waals surface area contributed by atoms with E-state index in [0.29, 0.717) is 49.0 Å². The van der Waals surface area contributed by atoms with Crippen LogP contribution in [0.25, 0.3) is 11.0 Å². The molecule has 1 saturated heterocycles. The second-order valence-electron chi connectivity index (χ2n) is 14.4. The Labute approximate surface area is 311 Å². The molecule has 4 heterocycles. The molecule has 2 fully saturated rings. The second kappa shape index (κ2) is 14.9. The molecule has 5 atom stereocenters. The van der Waals surface area contributed by atoms with Gasteiger partial charge in [0.15, 0.2) is 0 Å². The first-order chi connectivity index (χ1) is 25.9. The minimum atomic E-state index is -3.96. The van der Waals surface area contributed by atoms with Crippen molar-refractivity contribution in [3.8, 4) is 5.88 Å². The van der Waals surface area contributed by atoms with Crippen molar-refractivity contribution in [3.05, 3.63) is 71.5 Å². The van der Waals surface area contributed by atoms with Gasteiger partial charge in [-0.05, 0) is 63.6 Å². The number of rotatable bonds is 8. The zero-order valence-electron chi connectivity index (χ0n) is 30.0. The van der Waals surface area contributed by atoms with E-state index in [9.17, 15) is 32.0 Å². The lowest BCUT2D eigenvalue weighted by Gasteiger charge is -2.42. The number of benzene rings is 1. The van der Waals surface area contributed by atoms with Crippen LogP contribution in [0, 0.1) is 18.7 Å². The van der Waals surface area contributed by atoms with Crippen molar-refractivity contribution in [2.24, 2.45) is 5.92 Å². The van der Waals surface area contributed by atoms with Crippen molar-refractivity contribution in [3.63, 3.8) is 0 Å². The van der Waals surface area contributed by atoms with E-state index in [-0.39, 0.29) is 36.5 Å². The van der Waals surface area contributed by atoms with Gasteiger partial charge in [-0.25, -0.2) is 22.8 Å². The third kappa shape index (κ3) is 7.58. The van der Waals surface area contributed by atoms with Crippen LogP contribution in [0.15, 0.2) is 48.6 Å². The van der Waals surface area contributed by atoms with Gasteiger partial charge < -0.3 is 20.3 Å². The molecule has 54 heavy (non-hydrogen) atoms. The number of aromatic amines is 1. The number of nitrogens with zero attached hydrogens (tertiary/aromatic N) is 4. The van der Waals surface area contributed by atoms with E-state index in [1.807, 2.05) is 13.0 Å². The summed E-state index contributed by atoms with van der Waals surface area (Å²) in [6.45, 7) is 3.52. The number of hydrogen-bond acceptors (Lipinski definition) is 10. The van der Waals surface area contributed by atoms with Crippen LogP contribution in [-0.2, 0) is 30.8 Å². The lowest BCUT2D eigenvalue weighted by atomic mass is 9.73. The highest BCUT2D eigenvalue weighted by Gasteiger charge is 2.53. The van der Waals surface area contributed by atoms with E-state index < -0.39 is 74.4 Å². The summed E-state index contributed by atoms with van der Waals surface area (Å²) in [7, 11) is -3.96. The van der Waals surface area contributed by atoms with Crippen molar-refractivity contribution < 1.29 is 36.7 Å². The Morgan fingerprint density at radius 1 is 1.07 bits per heavy atom. The zero-order chi connectivity index (χ0) is 38.2. The van der Waals surface area contributed by atoms with Crippen LogP contribution >= 0.6 is 0 Å². The predicted octanol–water partition coefficient (Wildman–Crippen LogP) is 2.68. The van der Waals surface area contributed by atoms with Crippen molar-refractivity contribution in [2.75, 3.05) is 6.54 Å². The summed E-state index contributed by atoms with van der Waals surface area (Å²) in [6.07, 6.45) is 10.3. The van der Waals surface area contributed by atoms with Gasteiger partial charge in [-0.2, -0.15) is 5.10 Å². The number of carbonyl (C=O) groups excluding carboxylic acids is 4. The normalized spacial score (nSPS) is 26.2. The molecule has 17 heteroatoms. The third-order valence-electron chi connectivity index (χ3n) is 10.4. The van der Waals surface area contributed by atoms with Crippen LogP contribution in [0.1, 0.15) is 80.2 Å². The Balaban J connectivity index is 1.22. The number of amides is 4. The van der Waals surface area contributed by atoms with Gasteiger partial charge in [0.05, 0.1) is 22.8 Å². The molecular weight excluding hydrogens is 720 g/mol. The molecule has 4 aliphatic rings. The van der Waals surface area contributed by atoms with Gasteiger partial charge in [0.1, 0.15) is 40.9 Å². The molecule has 0 spiro atoms. The Morgan fingerprint density at radius 3 is 2.59 bits per heavy atom. The summed E-state index contributed by atoms with van der Waals surface area (Å²) in [4.78, 5) is 66.6. The average Bonchev–Trinajstić information content (AvgIpc) is 3.79. The summed E-state index contributed by atoms with van der Waals surface area (Å²) in [5.41, 5.74) is 0.270. The highest BCUT2D eigenvalue weighted by atomic mass is 32.2. The lowest BCUT2D eigenvalue weighted by Crippen LogP contribution is -2.67. The van der Waals surface area contributed by atoms with Crippen molar-refractivity contribution >= 4 is 44.7 Å². The fourth-order valence-corrected chi connectivity index (χ4v) is 8.50. The molecule has 4 N–H and O–H groups in total. The van der Waals surface area contributed by atoms with Crippen LogP contribution in [0.4, 0.5) is 4.39 Å². The molecule has 7 rings (SSSR count). The van der Waals surface area contributed by atoms with E-state index in [4.69, 9.17) is 4.74 Å². The van der Waals surface area contributed by atoms with E-state index >= 15 is 0 Å². The first-order valence-electron chi connectivity index (χ1n) is 18.4. The van der Waals surface area contributed by atoms with E-state index in [2.05, 4.69) is 35.5 Å². The van der Waals surface area contributed by atoms with Gasteiger partial charge in [-0.15, -0.1) is 0 Å². The molecule has 2 aliphatic heterocycles. The van der Waals surface area contributed by atoms with Gasteiger partial charge in [-0.3, -0.25) is 29.0 Å². The molecule has 2 aromatic heterocycles. The van der Waals surface area contributed by atoms with Crippen molar-refractivity contribution in [2.45, 2.75) is 101 Å². The fraction of sp³-hybridized carbons (Fsp3) is 0.486. The lowest BCUT2D eigenvalue weighted by molar-refractivity contribution is -0.142. The number of aryl methyl sites for hydroxylation is 2. The molecule has 15 nitrogen and oxygen atoms in total. The largest absolute Gasteiger partial charge is 0.471 e. The summed E-state index contributed by atoms with van der Waals surface area (Å²) >= 11 is 0. The number of allylic oxidation sites excluding steroid dienone is 1. The van der Waals surface area contributed by atoms with E-state index in [1.165, 1.54) is 29.2 Å². The predicted molar refractivity (Wildman–Crippen MR) is 194 cm³/mol. The SMILES string of the molecule is CCc1nc2ccc(F)cc2nc1OC1CC2C(=O)NC3(C(=O)NS(=O)(=O)C4CC4)C=CC3C=CCCCCCC(NC(=O)c3cc(C)[nH]n3)C(=O)N2C1. The number of ether oxygens (including phenoxy) is 1. The first kappa shape index (κ1) is 37.1. The smallest absolute Gasteiger partial charge is 0.272 e. The fourth-order valence-electron chi connectivity index (χ4n) is 7.15. The number of carbonyl (C=O) groups is 4. The molecule has 0 bridgehead atoms. The standard InChI is InChI=1S/C37H43FN8O7S/c1-3-26-34(41-29-18-23(38)11-14-27(29)39-26)53-24-19-31-33(48)42-37(36(50)45-54(51,52)25-12-13-25)16-15-22(37)9-7-5-4-6-8-10-28(35(49)46(31)20-24)40-32(47)30-17-21(2)43-44-30/h7,9,11,14-18,22,24-25,28,31H,3-6,8,10,12-13,19-20H2,1-2H3,(H,40,47)(H,42,48)(H,43,44)(H,45,50). The minimum absolute atomic E-state index is 0.0366. The number of nitrogens with one attached hydrogen (secondary N) is 4. The van der Waals surface area contributed by atoms with Crippen LogP contribution in [0.2, 0.25) is 0 Å². The molecule has 4 amide bonds. The van der Waals surface area contributed by atoms with Crippen molar-refractivity contribution in [1.82, 2.24) is 40.4 Å². The molecule has 286 valence electrons. The number of hydrogen-bond donors (Lipinski definition) is 4. The summed E-state index contributed by atoms with van der Waals surface area (Å²) in [5, 5.41) is 11.7. The van der Waals surface area contributed by atoms with Gasteiger partial charge in [0, 0.05) is 24.1 Å². The number of halogens is 1. The quantitative estimate of drug-likeness (QED) is 0.247. The van der Waals surface area contributed by atoms with Gasteiger partial charge in [0.25, 0.3) is 11.8 Å². The number of fused-ring (bicyclic) bond motifs is 3. The molecule has 0 radical (unpaired) electrons. The average molecular weight is 763 g/mol. The maximum absolute atomic E-state index is 14.6. The Hall–Kier alpha value is -5.19. The number of H-pyrrole nitrogens is 1. The molecule has 1 saturated carbocycles.